The Morgan fingerprint density at radius 2 is 2.18 bits per heavy atom. The van der Waals surface area contributed by atoms with Crippen LogP contribution >= 0.6 is 11.3 Å². The first kappa shape index (κ1) is 8.47. The molecule has 0 atom stereocenters. The van der Waals surface area contributed by atoms with E-state index >= 15 is 0 Å². The second-order valence-electron chi connectivity index (χ2n) is 2.87. The molecule has 0 radical (unpaired) electrons. The lowest BCUT2D eigenvalue weighted by molar-refractivity contribution is 1.05. The molecule has 0 spiro atoms. The van der Waals surface area contributed by atoms with Gasteiger partial charge in [-0.05, 0) is 20.8 Å². The SMILES string of the molecule is C=C(C)Cc1nc(C)sc1C. The van der Waals surface area contributed by atoms with E-state index in [0.717, 1.165) is 11.4 Å². The summed E-state index contributed by atoms with van der Waals surface area (Å²) in [7, 11) is 0. The average molecular weight is 167 g/mol. The summed E-state index contributed by atoms with van der Waals surface area (Å²) in [5, 5.41) is 1.15. The smallest absolute Gasteiger partial charge is 0.0900 e. The molecule has 0 aliphatic carbocycles. The van der Waals surface area contributed by atoms with E-state index in [4.69, 9.17) is 0 Å². The summed E-state index contributed by atoms with van der Waals surface area (Å²) < 4.78 is 0. The third-order valence-corrected chi connectivity index (χ3v) is 2.40. The van der Waals surface area contributed by atoms with Crippen molar-refractivity contribution in [2.75, 3.05) is 0 Å². The van der Waals surface area contributed by atoms with Crippen LogP contribution in [-0.2, 0) is 6.42 Å². The maximum atomic E-state index is 4.41. The van der Waals surface area contributed by atoms with Crippen LogP contribution in [0.5, 0.6) is 0 Å². The molecule has 0 aliphatic heterocycles. The second kappa shape index (κ2) is 3.18. The molecule has 11 heavy (non-hydrogen) atoms. The maximum absolute atomic E-state index is 4.41. The number of aromatic nitrogens is 1. The predicted molar refractivity (Wildman–Crippen MR) is 50.1 cm³/mol. The minimum absolute atomic E-state index is 0.927. The Bertz CT molecular complexity index is 273. The van der Waals surface area contributed by atoms with E-state index in [1.807, 2.05) is 13.8 Å². The second-order valence-corrected chi connectivity index (χ2v) is 4.28. The van der Waals surface area contributed by atoms with Gasteiger partial charge in [-0.2, -0.15) is 0 Å². The van der Waals surface area contributed by atoms with E-state index in [9.17, 15) is 0 Å². The number of rotatable bonds is 2. The molecule has 0 saturated heterocycles. The van der Waals surface area contributed by atoms with Gasteiger partial charge >= 0.3 is 0 Å². The Labute approximate surface area is 71.8 Å². The molecule has 0 aliphatic rings. The van der Waals surface area contributed by atoms with Crippen molar-refractivity contribution in [1.82, 2.24) is 4.98 Å². The molecule has 60 valence electrons. The molecule has 0 unspecified atom stereocenters. The summed E-state index contributed by atoms with van der Waals surface area (Å²) in [6.45, 7) is 10.1. The van der Waals surface area contributed by atoms with Crippen molar-refractivity contribution in [1.29, 1.82) is 0 Å². The molecule has 0 bridgehead atoms. The lowest BCUT2D eigenvalue weighted by atomic mass is 10.2. The quantitative estimate of drug-likeness (QED) is 0.617. The Morgan fingerprint density at radius 3 is 2.55 bits per heavy atom. The molecule has 1 nitrogen and oxygen atoms in total. The Morgan fingerprint density at radius 1 is 1.55 bits per heavy atom. The first-order valence-corrected chi connectivity index (χ1v) is 4.48. The van der Waals surface area contributed by atoms with Crippen LogP contribution in [0.4, 0.5) is 0 Å². The van der Waals surface area contributed by atoms with Gasteiger partial charge in [-0.1, -0.05) is 12.2 Å². The molecule has 0 fully saturated rings. The van der Waals surface area contributed by atoms with Gasteiger partial charge in [-0.25, -0.2) is 4.98 Å². The summed E-state index contributed by atoms with van der Waals surface area (Å²) in [6, 6.07) is 0. The van der Waals surface area contributed by atoms with Crippen molar-refractivity contribution in [3.8, 4) is 0 Å². The standard InChI is InChI=1S/C9H13NS/c1-6(2)5-9-7(3)11-8(4)10-9/h1,5H2,2-4H3. The number of hydrogen-bond acceptors (Lipinski definition) is 2. The zero-order valence-corrected chi connectivity index (χ0v) is 8.09. The van der Waals surface area contributed by atoms with Gasteiger partial charge < -0.3 is 0 Å². The topological polar surface area (TPSA) is 12.9 Å². The molecule has 0 amide bonds. The molecule has 0 aromatic carbocycles. The highest BCUT2D eigenvalue weighted by molar-refractivity contribution is 7.11. The van der Waals surface area contributed by atoms with E-state index in [0.29, 0.717) is 0 Å². The van der Waals surface area contributed by atoms with E-state index in [2.05, 4.69) is 18.5 Å². The Kier molecular flexibility index (Phi) is 2.45. The molecule has 2 heteroatoms. The molecule has 0 saturated carbocycles. The molecule has 0 N–H and O–H groups in total. The molecular formula is C9H13NS. The average Bonchev–Trinajstić information content (AvgIpc) is 2.09. The first-order chi connectivity index (χ1) is 5.09. The first-order valence-electron chi connectivity index (χ1n) is 3.67. The normalized spacial score (nSPS) is 10.1. The van der Waals surface area contributed by atoms with Crippen molar-refractivity contribution < 1.29 is 0 Å². The highest BCUT2D eigenvalue weighted by Crippen LogP contribution is 2.18. The van der Waals surface area contributed by atoms with Crippen LogP contribution in [0.2, 0.25) is 0 Å². The fraction of sp³-hybridized carbons (Fsp3) is 0.444. The summed E-state index contributed by atoms with van der Waals surface area (Å²) in [4.78, 5) is 5.73. The van der Waals surface area contributed by atoms with Crippen LogP contribution in [-0.4, -0.2) is 4.98 Å². The highest BCUT2D eigenvalue weighted by atomic mass is 32.1. The van der Waals surface area contributed by atoms with E-state index in [1.54, 1.807) is 11.3 Å². The number of nitrogens with zero attached hydrogens (tertiary/aromatic N) is 1. The summed E-state index contributed by atoms with van der Waals surface area (Å²) in [5.74, 6) is 0. The van der Waals surface area contributed by atoms with Gasteiger partial charge in [0.1, 0.15) is 0 Å². The zero-order chi connectivity index (χ0) is 8.43. The fourth-order valence-corrected chi connectivity index (χ4v) is 1.86. The van der Waals surface area contributed by atoms with Gasteiger partial charge in [0.25, 0.3) is 0 Å². The number of thiazole rings is 1. The molecule has 1 aromatic heterocycles. The van der Waals surface area contributed by atoms with E-state index in [1.165, 1.54) is 16.1 Å². The van der Waals surface area contributed by atoms with Crippen LogP contribution in [0.25, 0.3) is 0 Å². The maximum Gasteiger partial charge on any atom is 0.0900 e. The monoisotopic (exact) mass is 167 g/mol. The van der Waals surface area contributed by atoms with E-state index < -0.39 is 0 Å². The molecule has 1 aromatic rings. The van der Waals surface area contributed by atoms with Gasteiger partial charge in [0.15, 0.2) is 0 Å². The fourth-order valence-electron chi connectivity index (χ4n) is 1.02. The largest absolute Gasteiger partial charge is 0.246 e. The third kappa shape index (κ3) is 2.15. The van der Waals surface area contributed by atoms with Gasteiger partial charge in [-0.3, -0.25) is 0 Å². The van der Waals surface area contributed by atoms with Crippen molar-refractivity contribution in [2.45, 2.75) is 27.2 Å². The Balaban J connectivity index is 2.85. The van der Waals surface area contributed by atoms with Crippen LogP contribution in [0.15, 0.2) is 12.2 Å². The van der Waals surface area contributed by atoms with Gasteiger partial charge in [0.05, 0.1) is 10.7 Å². The van der Waals surface area contributed by atoms with Crippen LogP contribution < -0.4 is 0 Å². The predicted octanol–water partition coefficient (Wildman–Crippen LogP) is 2.88. The van der Waals surface area contributed by atoms with Crippen molar-refractivity contribution >= 4 is 11.3 Å². The van der Waals surface area contributed by atoms with E-state index in [-0.39, 0.29) is 0 Å². The number of aryl methyl sites for hydroxylation is 2. The van der Waals surface area contributed by atoms with Crippen LogP contribution in [0.1, 0.15) is 22.5 Å². The van der Waals surface area contributed by atoms with Crippen molar-refractivity contribution in [3.63, 3.8) is 0 Å². The number of allylic oxidation sites excluding steroid dienone is 1. The lowest BCUT2D eigenvalue weighted by Crippen LogP contribution is -1.87. The summed E-state index contributed by atoms with van der Waals surface area (Å²) in [5.41, 5.74) is 2.37. The molecular weight excluding hydrogens is 154 g/mol. The molecule has 1 heterocycles. The van der Waals surface area contributed by atoms with Crippen molar-refractivity contribution in [2.24, 2.45) is 0 Å². The third-order valence-electron chi connectivity index (χ3n) is 1.47. The summed E-state index contributed by atoms with van der Waals surface area (Å²) >= 11 is 1.76. The summed E-state index contributed by atoms with van der Waals surface area (Å²) in [6.07, 6.45) is 0.927. The zero-order valence-electron chi connectivity index (χ0n) is 7.27. The minimum atomic E-state index is 0.927. The van der Waals surface area contributed by atoms with Gasteiger partial charge in [0.2, 0.25) is 0 Å². The Hall–Kier alpha value is -0.630. The highest BCUT2D eigenvalue weighted by Gasteiger charge is 2.03. The van der Waals surface area contributed by atoms with Gasteiger partial charge in [0, 0.05) is 11.3 Å². The van der Waals surface area contributed by atoms with Crippen LogP contribution in [0.3, 0.4) is 0 Å². The minimum Gasteiger partial charge on any atom is -0.246 e. The van der Waals surface area contributed by atoms with Crippen molar-refractivity contribution in [3.05, 3.63) is 27.7 Å². The van der Waals surface area contributed by atoms with Gasteiger partial charge in [-0.15, -0.1) is 11.3 Å². The van der Waals surface area contributed by atoms with Crippen LogP contribution in [0, 0.1) is 13.8 Å². The number of hydrogen-bond donors (Lipinski definition) is 0. The molecule has 1 rings (SSSR count). The lowest BCUT2D eigenvalue weighted by Gasteiger charge is -1.94.